The summed E-state index contributed by atoms with van der Waals surface area (Å²) in [6.45, 7) is 0. The highest BCUT2D eigenvalue weighted by atomic mass is 16.3. The van der Waals surface area contributed by atoms with Gasteiger partial charge < -0.3 is 4.42 Å². The van der Waals surface area contributed by atoms with E-state index >= 15 is 0 Å². The van der Waals surface area contributed by atoms with Crippen LogP contribution in [0, 0.1) is 0 Å². The van der Waals surface area contributed by atoms with E-state index in [2.05, 4.69) is 109 Å². The van der Waals surface area contributed by atoms with E-state index in [4.69, 9.17) is 19.4 Å². The first-order chi connectivity index (χ1) is 25.3. The van der Waals surface area contributed by atoms with E-state index in [1.807, 2.05) is 66.7 Å². The zero-order valence-electron chi connectivity index (χ0n) is 27.5. The summed E-state index contributed by atoms with van der Waals surface area (Å²) in [7, 11) is 0. The summed E-state index contributed by atoms with van der Waals surface area (Å²) < 4.78 is 6.66. The van der Waals surface area contributed by atoms with E-state index in [0.717, 1.165) is 82.4 Å². The molecule has 0 aliphatic carbocycles. The minimum Gasteiger partial charge on any atom is -0.455 e. The summed E-state index contributed by atoms with van der Waals surface area (Å²) in [5.74, 6) is 1.92. The smallest absolute Gasteiger partial charge is 0.164 e. The zero-order valence-corrected chi connectivity index (χ0v) is 27.5. The van der Waals surface area contributed by atoms with Crippen LogP contribution < -0.4 is 0 Å². The number of rotatable bonds is 5. The molecule has 0 N–H and O–H groups in total. The van der Waals surface area contributed by atoms with Crippen molar-refractivity contribution < 1.29 is 4.42 Å². The number of fused-ring (bicyclic) bond motifs is 6. The molecule has 0 atom stereocenters. The summed E-state index contributed by atoms with van der Waals surface area (Å²) in [6.07, 6.45) is 0. The molecule has 0 saturated heterocycles. The first kappa shape index (κ1) is 29.0. The van der Waals surface area contributed by atoms with E-state index in [1.54, 1.807) is 0 Å². The quantitative estimate of drug-likeness (QED) is 0.186. The van der Waals surface area contributed by atoms with Crippen LogP contribution in [0.25, 0.3) is 99.9 Å². The van der Waals surface area contributed by atoms with Gasteiger partial charge in [-0.3, -0.25) is 0 Å². The molecule has 0 saturated carbocycles. The van der Waals surface area contributed by atoms with Gasteiger partial charge in [-0.05, 0) is 56.6 Å². The van der Waals surface area contributed by atoms with E-state index in [-0.39, 0.29) is 0 Å². The van der Waals surface area contributed by atoms with Gasteiger partial charge in [-0.2, -0.15) is 0 Å². The van der Waals surface area contributed by atoms with Crippen molar-refractivity contribution in [1.82, 2.24) is 15.0 Å². The van der Waals surface area contributed by atoms with Gasteiger partial charge in [-0.15, -0.1) is 0 Å². The summed E-state index contributed by atoms with van der Waals surface area (Å²) in [5, 5.41) is 6.64. The van der Waals surface area contributed by atoms with Gasteiger partial charge in [0.1, 0.15) is 11.2 Å². The van der Waals surface area contributed by atoms with Crippen LogP contribution in [0.1, 0.15) is 0 Å². The Bertz CT molecular complexity index is 2840. The van der Waals surface area contributed by atoms with Crippen LogP contribution in [0.5, 0.6) is 0 Å². The minimum absolute atomic E-state index is 0.637. The van der Waals surface area contributed by atoms with Gasteiger partial charge in [-0.1, -0.05) is 158 Å². The molecule has 10 aromatic rings. The maximum atomic E-state index is 6.66. The van der Waals surface area contributed by atoms with Crippen LogP contribution in [0.2, 0.25) is 0 Å². The first-order valence-corrected chi connectivity index (χ1v) is 17.1. The number of aromatic nitrogens is 3. The second-order valence-corrected chi connectivity index (χ2v) is 12.7. The molecule has 0 fully saturated rings. The van der Waals surface area contributed by atoms with Crippen molar-refractivity contribution in [3.05, 3.63) is 176 Å². The second kappa shape index (κ2) is 11.9. The Labute approximate surface area is 294 Å². The number of para-hydroxylation sites is 1. The van der Waals surface area contributed by atoms with Crippen LogP contribution in [0.15, 0.2) is 180 Å². The van der Waals surface area contributed by atoms with E-state index < -0.39 is 0 Å². The maximum Gasteiger partial charge on any atom is 0.164 e. The van der Waals surface area contributed by atoms with E-state index in [9.17, 15) is 0 Å². The van der Waals surface area contributed by atoms with Gasteiger partial charge in [-0.25, -0.2) is 15.0 Å². The number of hydrogen-bond donors (Lipinski definition) is 0. The molecular weight excluding hydrogens is 623 g/mol. The van der Waals surface area contributed by atoms with E-state index in [1.165, 1.54) is 0 Å². The molecule has 2 heterocycles. The van der Waals surface area contributed by atoms with Crippen molar-refractivity contribution in [2.24, 2.45) is 0 Å². The third kappa shape index (κ3) is 4.88. The number of benzene rings is 8. The summed E-state index contributed by atoms with van der Waals surface area (Å²) >= 11 is 0. The molecule has 0 amide bonds. The number of hydrogen-bond acceptors (Lipinski definition) is 4. The average Bonchev–Trinajstić information content (AvgIpc) is 3.59. The molecule has 4 heteroatoms. The topological polar surface area (TPSA) is 51.8 Å². The molecule has 4 nitrogen and oxygen atoms in total. The molecule has 8 aromatic carbocycles. The number of nitrogens with zero attached hydrogens (tertiary/aromatic N) is 3. The Morgan fingerprint density at radius 2 is 0.824 bits per heavy atom. The minimum atomic E-state index is 0.637. The van der Waals surface area contributed by atoms with Crippen LogP contribution in [-0.4, -0.2) is 15.0 Å². The maximum absolute atomic E-state index is 6.66. The molecule has 0 aliphatic heterocycles. The fraction of sp³-hybridized carbons (Fsp3) is 0. The highest BCUT2D eigenvalue weighted by Crippen LogP contribution is 2.45. The Morgan fingerprint density at radius 1 is 0.314 bits per heavy atom. The van der Waals surface area contributed by atoms with Crippen molar-refractivity contribution in [2.75, 3.05) is 0 Å². The second-order valence-electron chi connectivity index (χ2n) is 12.7. The fourth-order valence-corrected chi connectivity index (χ4v) is 7.38. The van der Waals surface area contributed by atoms with Crippen molar-refractivity contribution in [3.63, 3.8) is 0 Å². The van der Waals surface area contributed by atoms with Gasteiger partial charge >= 0.3 is 0 Å². The summed E-state index contributed by atoms with van der Waals surface area (Å²) in [5.41, 5.74) is 9.21. The average molecular weight is 652 g/mol. The lowest BCUT2D eigenvalue weighted by Crippen LogP contribution is -2.00. The molecule has 238 valence electrons. The van der Waals surface area contributed by atoms with Crippen molar-refractivity contribution >= 4 is 43.5 Å². The molecule has 0 radical (unpaired) electrons. The van der Waals surface area contributed by atoms with Gasteiger partial charge in [0.05, 0.1) is 0 Å². The Morgan fingerprint density at radius 3 is 1.49 bits per heavy atom. The SMILES string of the molecule is c1ccc(-c2nc(-c3ccccc3)nc(-c3ccc(-c4cc5c6ccccc6oc5c5c(-c6ccccc6)cccc45)c4ccccc34)n2)cc1. The van der Waals surface area contributed by atoms with Crippen LogP contribution in [0.4, 0.5) is 0 Å². The van der Waals surface area contributed by atoms with Crippen LogP contribution in [-0.2, 0) is 0 Å². The molecule has 0 aliphatic rings. The first-order valence-electron chi connectivity index (χ1n) is 17.1. The molecule has 0 spiro atoms. The number of furan rings is 1. The largest absolute Gasteiger partial charge is 0.455 e. The zero-order chi connectivity index (χ0) is 33.7. The lowest BCUT2D eigenvalue weighted by molar-refractivity contribution is 0.673. The third-order valence-electron chi connectivity index (χ3n) is 9.74. The highest BCUT2D eigenvalue weighted by Gasteiger charge is 2.21. The Balaban J connectivity index is 1.25. The summed E-state index contributed by atoms with van der Waals surface area (Å²) in [4.78, 5) is 15.1. The standard InChI is InChI=1S/C47H29N3O/c1-4-15-30(16-5-1)33-24-14-25-38-40(29-41-37-23-12-13-26-42(37)51-44(41)43(33)38)36-27-28-39(35-22-11-10-21-34(35)36)47-49-45(31-17-6-2-7-18-31)48-46(50-47)32-19-8-3-9-20-32/h1-29H. The Hall–Kier alpha value is -6.91. The molecule has 2 aromatic heterocycles. The lowest BCUT2D eigenvalue weighted by Gasteiger charge is -2.16. The molecule has 10 rings (SSSR count). The molecule has 0 bridgehead atoms. The molecule has 0 unspecified atom stereocenters. The van der Waals surface area contributed by atoms with E-state index in [0.29, 0.717) is 17.5 Å². The monoisotopic (exact) mass is 651 g/mol. The van der Waals surface area contributed by atoms with Crippen molar-refractivity contribution in [1.29, 1.82) is 0 Å². The predicted octanol–water partition coefficient (Wildman–Crippen LogP) is 12.4. The highest BCUT2D eigenvalue weighted by molar-refractivity contribution is 6.24. The van der Waals surface area contributed by atoms with Crippen LogP contribution in [0.3, 0.4) is 0 Å². The van der Waals surface area contributed by atoms with Gasteiger partial charge in [0.25, 0.3) is 0 Å². The third-order valence-corrected chi connectivity index (χ3v) is 9.74. The normalized spacial score (nSPS) is 11.5. The molecular formula is C47H29N3O. The van der Waals surface area contributed by atoms with Gasteiger partial charge in [0, 0.05) is 32.8 Å². The van der Waals surface area contributed by atoms with Gasteiger partial charge in [0.2, 0.25) is 0 Å². The Kier molecular flexibility index (Phi) is 6.78. The van der Waals surface area contributed by atoms with Crippen molar-refractivity contribution in [2.45, 2.75) is 0 Å². The summed E-state index contributed by atoms with van der Waals surface area (Å²) in [6, 6.07) is 61.0. The van der Waals surface area contributed by atoms with Crippen LogP contribution >= 0.6 is 0 Å². The predicted molar refractivity (Wildman–Crippen MR) is 209 cm³/mol. The fourth-order valence-electron chi connectivity index (χ4n) is 7.38. The molecule has 51 heavy (non-hydrogen) atoms. The van der Waals surface area contributed by atoms with Crippen molar-refractivity contribution in [3.8, 4) is 56.4 Å². The lowest BCUT2D eigenvalue weighted by atomic mass is 9.88. The van der Waals surface area contributed by atoms with Gasteiger partial charge in [0.15, 0.2) is 17.5 Å².